The van der Waals surface area contributed by atoms with E-state index in [1.807, 2.05) is 17.0 Å². The van der Waals surface area contributed by atoms with Gasteiger partial charge in [0.15, 0.2) is 0 Å². The minimum Gasteiger partial charge on any atom is -0.385 e. The van der Waals surface area contributed by atoms with Crippen LogP contribution >= 0.6 is 0 Å². The Balaban J connectivity index is 1.58. The molecule has 0 spiro atoms. The van der Waals surface area contributed by atoms with E-state index in [1.54, 1.807) is 0 Å². The highest BCUT2D eigenvalue weighted by molar-refractivity contribution is 5.98. The van der Waals surface area contributed by atoms with Crippen molar-refractivity contribution in [1.82, 2.24) is 15.5 Å². The summed E-state index contributed by atoms with van der Waals surface area (Å²) in [6, 6.07) is 6.23. The van der Waals surface area contributed by atoms with Gasteiger partial charge in [0.05, 0.1) is 5.60 Å². The second-order valence-corrected chi connectivity index (χ2v) is 7.09. The number of hydrogen-bond donors (Lipinski definition) is 3. The summed E-state index contributed by atoms with van der Waals surface area (Å²) in [6.45, 7) is 4.31. The number of nitrogens with zero attached hydrogens (tertiary/aromatic N) is 1. The molecule has 1 unspecified atom stereocenters. The van der Waals surface area contributed by atoms with E-state index in [4.69, 9.17) is 0 Å². The highest BCUT2D eigenvalue weighted by Crippen LogP contribution is 2.34. The highest BCUT2D eigenvalue weighted by atomic mass is 16.3. The van der Waals surface area contributed by atoms with Gasteiger partial charge in [-0.05, 0) is 62.5 Å². The van der Waals surface area contributed by atoms with Crippen LogP contribution < -0.4 is 10.6 Å². The third-order valence-corrected chi connectivity index (χ3v) is 5.62. The summed E-state index contributed by atoms with van der Waals surface area (Å²) in [6.07, 6.45) is 3.67. The van der Waals surface area contributed by atoms with Gasteiger partial charge in [0.1, 0.15) is 0 Å². The average Bonchev–Trinajstić information content (AvgIpc) is 2.93. The molecule has 2 fully saturated rings. The number of benzene rings is 1. The lowest BCUT2D eigenvalue weighted by atomic mass is 9.84. The molecule has 3 aliphatic rings. The van der Waals surface area contributed by atoms with Crippen molar-refractivity contribution in [2.75, 3.05) is 26.2 Å². The first-order chi connectivity index (χ1) is 11.2. The summed E-state index contributed by atoms with van der Waals surface area (Å²) in [5.74, 6) is 0.151. The largest absolute Gasteiger partial charge is 0.385 e. The van der Waals surface area contributed by atoms with Crippen LogP contribution in [0, 0.1) is 0 Å². The van der Waals surface area contributed by atoms with Crippen LogP contribution in [-0.2, 0) is 12.1 Å². The van der Waals surface area contributed by atoms with Crippen molar-refractivity contribution in [3.8, 4) is 0 Å². The molecule has 3 aliphatic heterocycles. The molecular formula is C18H25N3O2. The van der Waals surface area contributed by atoms with E-state index in [1.165, 1.54) is 0 Å². The minimum atomic E-state index is -0.747. The summed E-state index contributed by atoms with van der Waals surface area (Å²) in [4.78, 5) is 14.7. The predicted molar refractivity (Wildman–Crippen MR) is 88.2 cm³/mol. The molecule has 1 atom stereocenters. The summed E-state index contributed by atoms with van der Waals surface area (Å²) in [5.41, 5.74) is 2.11. The zero-order valence-corrected chi connectivity index (χ0v) is 13.5. The van der Waals surface area contributed by atoms with E-state index in [0.29, 0.717) is 12.6 Å². The standard InChI is InChI=1S/C18H25N3O2/c22-17-16-4-3-14(18(23)5-8-19-9-6-18)10-13(16)12-21(17)15-2-1-7-20-11-15/h3-4,10,15,19-20,23H,1-2,5-9,11-12H2. The van der Waals surface area contributed by atoms with Gasteiger partial charge in [-0.3, -0.25) is 4.79 Å². The fraction of sp³-hybridized carbons (Fsp3) is 0.611. The minimum absolute atomic E-state index is 0.151. The first-order valence-corrected chi connectivity index (χ1v) is 8.76. The van der Waals surface area contributed by atoms with Gasteiger partial charge in [-0.1, -0.05) is 12.1 Å². The first-order valence-electron chi connectivity index (χ1n) is 8.76. The zero-order chi connectivity index (χ0) is 15.9. The summed E-state index contributed by atoms with van der Waals surface area (Å²) in [5, 5.41) is 17.6. The Morgan fingerprint density at radius 1 is 1.17 bits per heavy atom. The van der Waals surface area contributed by atoms with Gasteiger partial charge < -0.3 is 20.6 Å². The topological polar surface area (TPSA) is 64.6 Å². The Bertz CT molecular complexity index is 604. The van der Waals surface area contributed by atoms with Gasteiger partial charge in [-0.2, -0.15) is 0 Å². The van der Waals surface area contributed by atoms with Crippen LogP contribution in [-0.4, -0.2) is 48.1 Å². The maximum Gasteiger partial charge on any atom is 0.254 e. The van der Waals surface area contributed by atoms with Crippen molar-refractivity contribution >= 4 is 5.91 Å². The molecule has 5 nitrogen and oxygen atoms in total. The Labute approximate surface area is 137 Å². The quantitative estimate of drug-likeness (QED) is 0.761. The molecule has 1 aromatic rings. The van der Waals surface area contributed by atoms with Crippen LogP contribution in [0.1, 0.15) is 47.2 Å². The fourth-order valence-electron chi connectivity index (χ4n) is 4.16. The third kappa shape index (κ3) is 2.67. The number of fused-ring (bicyclic) bond motifs is 1. The maximum absolute atomic E-state index is 12.7. The van der Waals surface area contributed by atoms with E-state index >= 15 is 0 Å². The SMILES string of the molecule is O=C1c2ccc(C3(O)CCNCC3)cc2CN1C1CCCNC1. The number of hydrogen-bond acceptors (Lipinski definition) is 4. The Hall–Kier alpha value is -1.43. The molecule has 0 bridgehead atoms. The normalized spacial score (nSPS) is 27.1. The third-order valence-electron chi connectivity index (χ3n) is 5.62. The molecule has 23 heavy (non-hydrogen) atoms. The number of piperidine rings is 2. The smallest absolute Gasteiger partial charge is 0.254 e. The maximum atomic E-state index is 12.7. The molecule has 3 heterocycles. The number of aliphatic hydroxyl groups is 1. The molecule has 1 aromatic carbocycles. The number of nitrogens with one attached hydrogen (secondary N) is 2. The van der Waals surface area contributed by atoms with Crippen molar-refractivity contribution in [3.63, 3.8) is 0 Å². The van der Waals surface area contributed by atoms with E-state index in [9.17, 15) is 9.90 Å². The van der Waals surface area contributed by atoms with Crippen LogP contribution in [0.2, 0.25) is 0 Å². The molecule has 4 rings (SSSR count). The van der Waals surface area contributed by atoms with E-state index in [-0.39, 0.29) is 5.91 Å². The molecule has 1 amide bonds. The summed E-state index contributed by atoms with van der Waals surface area (Å²) < 4.78 is 0. The lowest BCUT2D eigenvalue weighted by molar-refractivity contribution is 0.00586. The van der Waals surface area contributed by atoms with Gasteiger partial charge in [0.25, 0.3) is 5.91 Å². The first kappa shape index (κ1) is 15.1. The monoisotopic (exact) mass is 315 g/mol. The fourth-order valence-corrected chi connectivity index (χ4v) is 4.16. The van der Waals surface area contributed by atoms with Gasteiger partial charge in [-0.15, -0.1) is 0 Å². The van der Waals surface area contributed by atoms with Crippen LogP contribution in [0.5, 0.6) is 0 Å². The van der Waals surface area contributed by atoms with Gasteiger partial charge in [0, 0.05) is 24.7 Å². The molecular weight excluding hydrogens is 290 g/mol. The summed E-state index contributed by atoms with van der Waals surface area (Å²) >= 11 is 0. The molecule has 0 saturated carbocycles. The van der Waals surface area contributed by atoms with Crippen molar-refractivity contribution in [1.29, 1.82) is 0 Å². The van der Waals surface area contributed by atoms with Crippen molar-refractivity contribution in [2.45, 2.75) is 43.9 Å². The molecule has 0 aliphatic carbocycles. The molecule has 2 saturated heterocycles. The Morgan fingerprint density at radius 2 is 2.00 bits per heavy atom. The zero-order valence-electron chi connectivity index (χ0n) is 13.5. The lowest BCUT2D eigenvalue weighted by Gasteiger charge is -2.33. The van der Waals surface area contributed by atoms with Crippen LogP contribution in [0.3, 0.4) is 0 Å². The van der Waals surface area contributed by atoms with Crippen LogP contribution in [0.4, 0.5) is 0 Å². The van der Waals surface area contributed by atoms with E-state index in [0.717, 1.165) is 68.6 Å². The lowest BCUT2D eigenvalue weighted by Crippen LogP contribution is -2.46. The number of carbonyl (C=O) groups excluding carboxylic acids is 1. The highest BCUT2D eigenvalue weighted by Gasteiger charge is 2.36. The van der Waals surface area contributed by atoms with Crippen LogP contribution in [0.25, 0.3) is 0 Å². The van der Waals surface area contributed by atoms with Gasteiger partial charge >= 0.3 is 0 Å². The van der Waals surface area contributed by atoms with Gasteiger partial charge in [-0.25, -0.2) is 0 Å². The average molecular weight is 315 g/mol. The number of rotatable bonds is 2. The van der Waals surface area contributed by atoms with Crippen LogP contribution in [0.15, 0.2) is 18.2 Å². The Morgan fingerprint density at radius 3 is 2.74 bits per heavy atom. The van der Waals surface area contributed by atoms with E-state index in [2.05, 4.69) is 16.7 Å². The predicted octanol–water partition coefficient (Wildman–Crippen LogP) is 0.965. The van der Waals surface area contributed by atoms with E-state index < -0.39 is 5.60 Å². The molecule has 3 N–H and O–H groups in total. The molecule has 0 radical (unpaired) electrons. The molecule has 5 heteroatoms. The molecule has 0 aromatic heterocycles. The van der Waals surface area contributed by atoms with Crippen molar-refractivity contribution in [3.05, 3.63) is 34.9 Å². The Kier molecular flexibility index (Phi) is 3.87. The van der Waals surface area contributed by atoms with Crippen molar-refractivity contribution < 1.29 is 9.90 Å². The summed E-state index contributed by atoms with van der Waals surface area (Å²) in [7, 11) is 0. The number of amides is 1. The molecule has 124 valence electrons. The number of carbonyl (C=O) groups is 1. The van der Waals surface area contributed by atoms with Crippen molar-refractivity contribution in [2.24, 2.45) is 0 Å². The second kappa shape index (κ2) is 5.89. The van der Waals surface area contributed by atoms with Gasteiger partial charge in [0.2, 0.25) is 0 Å². The second-order valence-electron chi connectivity index (χ2n) is 7.09.